The lowest BCUT2D eigenvalue weighted by Gasteiger charge is -2.32. The minimum absolute atomic E-state index is 0.633. The molecule has 3 aliphatic rings. The highest BCUT2D eigenvalue weighted by Gasteiger charge is 2.40. The van der Waals surface area contributed by atoms with Crippen LogP contribution in [-0.4, -0.2) is 25.8 Å². The molecular formula is C11H17NO. The summed E-state index contributed by atoms with van der Waals surface area (Å²) in [6.45, 7) is 2.87. The first-order valence-corrected chi connectivity index (χ1v) is 5.43. The van der Waals surface area contributed by atoms with Crippen molar-refractivity contribution in [3.05, 3.63) is 12.2 Å². The molecule has 0 aromatic rings. The van der Waals surface area contributed by atoms with Crippen LogP contribution < -0.4 is 5.32 Å². The highest BCUT2D eigenvalue weighted by molar-refractivity contribution is 5.12. The molecule has 1 saturated carbocycles. The van der Waals surface area contributed by atoms with Crippen LogP contribution in [0.2, 0.25) is 0 Å². The Hall–Kier alpha value is -0.340. The first-order valence-electron chi connectivity index (χ1n) is 5.43. The molecule has 0 aromatic carbocycles. The van der Waals surface area contributed by atoms with Gasteiger partial charge in [0, 0.05) is 12.6 Å². The molecule has 4 atom stereocenters. The van der Waals surface area contributed by atoms with E-state index < -0.39 is 0 Å². The van der Waals surface area contributed by atoms with Crippen molar-refractivity contribution in [3.63, 3.8) is 0 Å². The van der Waals surface area contributed by atoms with E-state index in [0.29, 0.717) is 6.04 Å². The molecule has 2 fully saturated rings. The van der Waals surface area contributed by atoms with E-state index in [9.17, 15) is 0 Å². The Morgan fingerprint density at radius 3 is 2.85 bits per heavy atom. The van der Waals surface area contributed by atoms with Crippen LogP contribution in [0.1, 0.15) is 12.8 Å². The summed E-state index contributed by atoms with van der Waals surface area (Å²) in [7, 11) is 0. The highest BCUT2D eigenvalue weighted by Crippen LogP contribution is 2.45. The Labute approximate surface area is 79.3 Å². The van der Waals surface area contributed by atoms with Crippen molar-refractivity contribution < 1.29 is 4.74 Å². The van der Waals surface area contributed by atoms with Gasteiger partial charge in [0.1, 0.15) is 0 Å². The first-order chi connectivity index (χ1) is 6.43. The third-order valence-corrected chi connectivity index (χ3v) is 3.80. The zero-order valence-electron chi connectivity index (χ0n) is 7.91. The van der Waals surface area contributed by atoms with Gasteiger partial charge < -0.3 is 10.1 Å². The smallest absolute Gasteiger partial charge is 0.0623 e. The van der Waals surface area contributed by atoms with Crippen molar-refractivity contribution in [3.8, 4) is 0 Å². The van der Waals surface area contributed by atoms with Gasteiger partial charge in [-0.3, -0.25) is 0 Å². The first kappa shape index (κ1) is 8.01. The molecule has 0 unspecified atom stereocenters. The number of hydrogen-bond donors (Lipinski definition) is 1. The normalized spacial score (nSPS) is 48.6. The summed E-state index contributed by atoms with van der Waals surface area (Å²) < 4.78 is 5.52. The van der Waals surface area contributed by atoms with Gasteiger partial charge in [-0.15, -0.1) is 0 Å². The van der Waals surface area contributed by atoms with Crippen molar-refractivity contribution in [1.82, 2.24) is 5.32 Å². The molecule has 1 aliphatic heterocycles. The van der Waals surface area contributed by atoms with Crippen molar-refractivity contribution >= 4 is 0 Å². The van der Waals surface area contributed by atoms with Gasteiger partial charge in [-0.1, -0.05) is 12.2 Å². The molecule has 2 aliphatic carbocycles. The van der Waals surface area contributed by atoms with E-state index in [2.05, 4.69) is 17.5 Å². The van der Waals surface area contributed by atoms with Gasteiger partial charge in [0.25, 0.3) is 0 Å². The topological polar surface area (TPSA) is 21.3 Å². The molecule has 1 N–H and O–H groups in total. The summed E-state index contributed by atoms with van der Waals surface area (Å²) >= 11 is 0. The van der Waals surface area contributed by atoms with E-state index in [1.165, 1.54) is 12.8 Å². The standard InChI is InChI=1S/C11H17NO/c1-2-9-5-8(1)6-10(9)11-7-13-4-3-12-11/h1-2,8-12H,3-7H2/t8-,9-,10-,11-/m0/s1. The van der Waals surface area contributed by atoms with Gasteiger partial charge in [-0.2, -0.15) is 0 Å². The molecule has 1 saturated heterocycles. The Kier molecular flexibility index (Phi) is 1.91. The van der Waals surface area contributed by atoms with Gasteiger partial charge >= 0.3 is 0 Å². The van der Waals surface area contributed by atoms with Crippen molar-refractivity contribution in [1.29, 1.82) is 0 Å². The third-order valence-electron chi connectivity index (χ3n) is 3.80. The van der Waals surface area contributed by atoms with Gasteiger partial charge in [-0.25, -0.2) is 0 Å². The predicted molar refractivity (Wildman–Crippen MR) is 51.5 cm³/mol. The van der Waals surface area contributed by atoms with E-state index in [-0.39, 0.29) is 0 Å². The van der Waals surface area contributed by atoms with Crippen LogP contribution in [-0.2, 0) is 4.74 Å². The van der Waals surface area contributed by atoms with Crippen LogP contribution in [0.4, 0.5) is 0 Å². The molecule has 0 spiro atoms. The van der Waals surface area contributed by atoms with E-state index in [0.717, 1.165) is 37.5 Å². The Morgan fingerprint density at radius 1 is 1.23 bits per heavy atom. The lowest BCUT2D eigenvalue weighted by atomic mass is 9.87. The van der Waals surface area contributed by atoms with Gasteiger partial charge in [0.2, 0.25) is 0 Å². The predicted octanol–water partition coefficient (Wildman–Crippen LogP) is 1.19. The minimum atomic E-state index is 0.633. The van der Waals surface area contributed by atoms with Crippen LogP contribution in [0, 0.1) is 17.8 Å². The largest absolute Gasteiger partial charge is 0.379 e. The number of rotatable bonds is 1. The van der Waals surface area contributed by atoms with Crippen molar-refractivity contribution in [2.75, 3.05) is 19.8 Å². The number of nitrogens with one attached hydrogen (secondary N) is 1. The quantitative estimate of drug-likeness (QED) is 0.610. The average Bonchev–Trinajstić information content (AvgIpc) is 2.80. The molecule has 3 rings (SSSR count). The molecule has 2 heteroatoms. The number of morpholine rings is 1. The molecule has 0 aromatic heterocycles. The Bertz CT molecular complexity index is 220. The van der Waals surface area contributed by atoms with Crippen LogP contribution in [0.25, 0.3) is 0 Å². The van der Waals surface area contributed by atoms with Crippen LogP contribution in [0.15, 0.2) is 12.2 Å². The Morgan fingerprint density at radius 2 is 2.23 bits per heavy atom. The fourth-order valence-electron chi connectivity index (χ4n) is 3.15. The van der Waals surface area contributed by atoms with Crippen molar-refractivity contribution in [2.45, 2.75) is 18.9 Å². The summed E-state index contributed by atoms with van der Waals surface area (Å²) in [4.78, 5) is 0. The summed E-state index contributed by atoms with van der Waals surface area (Å²) in [5, 5.41) is 3.59. The van der Waals surface area contributed by atoms with Gasteiger partial charge in [-0.05, 0) is 30.6 Å². The average molecular weight is 179 g/mol. The number of allylic oxidation sites excluding steroid dienone is 2. The summed E-state index contributed by atoms with van der Waals surface area (Å²) in [5.74, 6) is 2.60. The third kappa shape index (κ3) is 1.32. The second kappa shape index (κ2) is 3.10. The van der Waals surface area contributed by atoms with Crippen molar-refractivity contribution in [2.24, 2.45) is 17.8 Å². The molecule has 72 valence electrons. The maximum atomic E-state index is 5.52. The van der Waals surface area contributed by atoms with Gasteiger partial charge in [0.05, 0.1) is 13.2 Å². The molecular weight excluding hydrogens is 162 g/mol. The summed E-state index contributed by atoms with van der Waals surface area (Å²) in [6, 6.07) is 0.633. The van der Waals surface area contributed by atoms with E-state index >= 15 is 0 Å². The van der Waals surface area contributed by atoms with Crippen LogP contribution in [0.5, 0.6) is 0 Å². The molecule has 2 bridgehead atoms. The lowest BCUT2D eigenvalue weighted by Crippen LogP contribution is -2.47. The molecule has 13 heavy (non-hydrogen) atoms. The molecule has 2 nitrogen and oxygen atoms in total. The summed E-state index contributed by atoms with van der Waals surface area (Å²) in [5.41, 5.74) is 0. The fraction of sp³-hybridized carbons (Fsp3) is 0.818. The second-order valence-corrected chi connectivity index (χ2v) is 4.58. The molecule has 1 heterocycles. The van der Waals surface area contributed by atoms with Gasteiger partial charge in [0.15, 0.2) is 0 Å². The Balaban J connectivity index is 1.68. The monoisotopic (exact) mass is 179 g/mol. The fourth-order valence-corrected chi connectivity index (χ4v) is 3.15. The van der Waals surface area contributed by atoms with Crippen LogP contribution >= 0.6 is 0 Å². The number of ether oxygens (including phenoxy) is 1. The number of fused-ring (bicyclic) bond motifs is 2. The maximum absolute atomic E-state index is 5.52. The van der Waals surface area contributed by atoms with E-state index in [4.69, 9.17) is 4.74 Å². The molecule has 0 radical (unpaired) electrons. The van der Waals surface area contributed by atoms with E-state index in [1.54, 1.807) is 0 Å². The second-order valence-electron chi connectivity index (χ2n) is 4.58. The van der Waals surface area contributed by atoms with E-state index in [1.807, 2.05) is 0 Å². The minimum Gasteiger partial charge on any atom is -0.379 e. The zero-order valence-corrected chi connectivity index (χ0v) is 7.91. The maximum Gasteiger partial charge on any atom is 0.0623 e. The highest BCUT2D eigenvalue weighted by atomic mass is 16.5. The SMILES string of the molecule is C1=C[C@H]2C[C@H]1C[C@@H]2[C@@H]1COCCN1. The lowest BCUT2D eigenvalue weighted by molar-refractivity contribution is 0.0516. The summed E-state index contributed by atoms with van der Waals surface area (Å²) in [6.07, 6.45) is 7.63. The molecule has 0 amide bonds. The number of hydrogen-bond acceptors (Lipinski definition) is 2. The van der Waals surface area contributed by atoms with Crippen LogP contribution in [0.3, 0.4) is 0 Å². The zero-order chi connectivity index (χ0) is 8.67.